The fourth-order valence-electron chi connectivity index (χ4n) is 2.95. The van der Waals surface area contributed by atoms with Crippen molar-refractivity contribution in [1.82, 2.24) is 9.88 Å². The fourth-order valence-corrected chi connectivity index (χ4v) is 3.64. The Bertz CT molecular complexity index is 641. The first-order chi connectivity index (χ1) is 10.5. The molecule has 0 radical (unpaired) electrons. The van der Waals surface area contributed by atoms with Crippen molar-refractivity contribution in [3.63, 3.8) is 0 Å². The van der Waals surface area contributed by atoms with Crippen LogP contribution in [0.4, 0.5) is 5.13 Å². The zero-order valence-electron chi connectivity index (χ0n) is 12.4. The number of carbonyl (C=O) groups excluding carboxylic acids is 3. The lowest BCUT2D eigenvalue weighted by molar-refractivity contribution is -0.146. The molecule has 3 rings (SSSR count). The van der Waals surface area contributed by atoms with Gasteiger partial charge in [0.05, 0.1) is 17.5 Å². The summed E-state index contributed by atoms with van der Waals surface area (Å²) in [5.74, 6) is -1.48. The van der Waals surface area contributed by atoms with Crippen molar-refractivity contribution < 1.29 is 14.4 Å². The summed E-state index contributed by atoms with van der Waals surface area (Å²) >= 11 is 1.32. The number of nitrogens with one attached hydrogen (secondary N) is 1. The summed E-state index contributed by atoms with van der Waals surface area (Å²) in [7, 11) is 0. The summed E-state index contributed by atoms with van der Waals surface area (Å²) in [6.45, 7) is 3.41. The van der Waals surface area contributed by atoms with E-state index < -0.39 is 6.04 Å². The van der Waals surface area contributed by atoms with Crippen molar-refractivity contribution in [1.29, 1.82) is 0 Å². The summed E-state index contributed by atoms with van der Waals surface area (Å²) in [4.78, 5) is 42.4. The molecule has 1 fully saturated rings. The van der Waals surface area contributed by atoms with E-state index in [4.69, 9.17) is 0 Å². The molecule has 1 aromatic heterocycles. The Kier molecular flexibility index (Phi) is 3.82. The molecule has 1 N–H and O–H groups in total. The number of anilines is 1. The molecule has 2 unspecified atom stereocenters. The molecule has 1 aromatic rings. The van der Waals surface area contributed by atoms with E-state index >= 15 is 0 Å². The molecule has 3 atom stereocenters. The summed E-state index contributed by atoms with van der Waals surface area (Å²) in [5.41, 5.74) is 0.818. The monoisotopic (exact) mass is 319 g/mol. The third kappa shape index (κ3) is 2.45. The molecule has 1 aliphatic heterocycles. The molecule has 2 heterocycles. The summed E-state index contributed by atoms with van der Waals surface area (Å²) in [6, 6.07) is -0.824. The third-order valence-electron chi connectivity index (χ3n) is 4.16. The average molecular weight is 319 g/mol. The minimum Gasteiger partial charge on any atom is -0.300 e. The largest absolute Gasteiger partial charge is 0.300 e. The lowest BCUT2D eigenvalue weighted by atomic mass is 9.85. The van der Waals surface area contributed by atoms with E-state index in [1.165, 1.54) is 11.3 Å². The second kappa shape index (κ2) is 5.64. The molecule has 0 saturated carbocycles. The second-order valence-electron chi connectivity index (χ2n) is 5.66. The molecule has 3 amide bonds. The van der Waals surface area contributed by atoms with E-state index in [2.05, 4.69) is 10.3 Å². The van der Waals surface area contributed by atoms with Crippen LogP contribution in [0.2, 0.25) is 0 Å². The number of aryl methyl sites for hydroxylation is 1. The van der Waals surface area contributed by atoms with Crippen LogP contribution in [0.3, 0.4) is 0 Å². The van der Waals surface area contributed by atoms with Crippen LogP contribution in [-0.2, 0) is 14.4 Å². The minimum atomic E-state index is -0.824. The SMILES string of the molecule is Cc1csc(NC(=O)[C@H](C)N2C(=O)C3CC=CCC3C2=O)n1. The molecule has 0 spiro atoms. The van der Waals surface area contributed by atoms with Crippen LogP contribution in [-0.4, -0.2) is 33.6 Å². The third-order valence-corrected chi connectivity index (χ3v) is 5.03. The summed E-state index contributed by atoms with van der Waals surface area (Å²) < 4.78 is 0. The minimum absolute atomic E-state index is 0.239. The van der Waals surface area contributed by atoms with E-state index in [0.29, 0.717) is 18.0 Å². The van der Waals surface area contributed by atoms with Crippen LogP contribution in [0, 0.1) is 18.8 Å². The number of hydrogen-bond acceptors (Lipinski definition) is 5. The number of amides is 3. The van der Waals surface area contributed by atoms with E-state index in [-0.39, 0.29) is 29.6 Å². The summed E-state index contributed by atoms with van der Waals surface area (Å²) in [6.07, 6.45) is 5.01. The molecule has 2 aliphatic rings. The van der Waals surface area contributed by atoms with E-state index in [9.17, 15) is 14.4 Å². The molecule has 1 aliphatic carbocycles. The van der Waals surface area contributed by atoms with Gasteiger partial charge in [-0.1, -0.05) is 12.2 Å². The van der Waals surface area contributed by atoms with Gasteiger partial charge in [-0.15, -0.1) is 11.3 Å². The van der Waals surface area contributed by atoms with Gasteiger partial charge < -0.3 is 5.32 Å². The first-order valence-electron chi connectivity index (χ1n) is 7.24. The highest BCUT2D eigenvalue weighted by Crippen LogP contribution is 2.36. The first-order valence-corrected chi connectivity index (χ1v) is 8.12. The molecular formula is C15H17N3O3S. The maximum absolute atomic E-state index is 12.4. The topological polar surface area (TPSA) is 79.4 Å². The number of rotatable bonds is 3. The number of thiazole rings is 1. The van der Waals surface area contributed by atoms with Gasteiger partial charge in [-0.2, -0.15) is 0 Å². The maximum atomic E-state index is 12.4. The van der Waals surface area contributed by atoms with Gasteiger partial charge in [0.1, 0.15) is 6.04 Å². The highest BCUT2D eigenvalue weighted by Gasteiger charge is 2.50. The number of fused-ring (bicyclic) bond motifs is 1. The smallest absolute Gasteiger partial charge is 0.249 e. The Balaban J connectivity index is 1.74. The number of allylic oxidation sites excluding steroid dienone is 2. The first kappa shape index (κ1) is 14.9. The van der Waals surface area contributed by atoms with Crippen LogP contribution >= 0.6 is 11.3 Å². The number of likely N-dealkylation sites (tertiary alicyclic amines) is 1. The standard InChI is InChI=1S/C15H17N3O3S/c1-8-7-22-15(16-8)17-12(19)9(2)18-13(20)10-5-3-4-6-11(10)14(18)21/h3-4,7,9-11H,5-6H2,1-2H3,(H,16,17,19)/t9-,10?,11?/m0/s1. The number of imide groups is 1. The zero-order chi connectivity index (χ0) is 15.9. The van der Waals surface area contributed by atoms with Crippen LogP contribution in [0.1, 0.15) is 25.5 Å². The average Bonchev–Trinajstić information content (AvgIpc) is 3.01. The quantitative estimate of drug-likeness (QED) is 0.680. The number of aromatic nitrogens is 1. The Morgan fingerprint density at radius 3 is 2.41 bits per heavy atom. The van der Waals surface area contributed by atoms with Crippen LogP contribution in [0.25, 0.3) is 0 Å². The Hall–Kier alpha value is -2.02. The van der Waals surface area contributed by atoms with Crippen LogP contribution < -0.4 is 5.32 Å². The highest BCUT2D eigenvalue weighted by atomic mass is 32.1. The highest BCUT2D eigenvalue weighted by molar-refractivity contribution is 7.13. The molecular weight excluding hydrogens is 302 g/mol. The zero-order valence-corrected chi connectivity index (χ0v) is 13.2. The van der Waals surface area contributed by atoms with Crippen molar-refractivity contribution in [3.8, 4) is 0 Å². The van der Waals surface area contributed by atoms with Gasteiger partial charge in [0.15, 0.2) is 5.13 Å². The predicted molar refractivity (Wildman–Crippen MR) is 82.1 cm³/mol. The second-order valence-corrected chi connectivity index (χ2v) is 6.52. The van der Waals surface area contributed by atoms with Gasteiger partial charge in [-0.25, -0.2) is 4.98 Å². The van der Waals surface area contributed by atoms with Crippen molar-refractivity contribution in [3.05, 3.63) is 23.2 Å². The van der Waals surface area contributed by atoms with Crippen LogP contribution in [0.5, 0.6) is 0 Å². The Morgan fingerprint density at radius 2 is 1.91 bits per heavy atom. The number of hydrogen-bond donors (Lipinski definition) is 1. The molecule has 1 saturated heterocycles. The van der Waals surface area contributed by atoms with Crippen molar-refractivity contribution in [2.75, 3.05) is 5.32 Å². The molecule has 116 valence electrons. The van der Waals surface area contributed by atoms with Gasteiger partial charge in [0.25, 0.3) is 0 Å². The lowest BCUT2D eigenvalue weighted by Crippen LogP contribution is -2.46. The maximum Gasteiger partial charge on any atom is 0.249 e. The van der Waals surface area contributed by atoms with Gasteiger partial charge in [0, 0.05) is 5.38 Å². The number of carbonyl (C=O) groups is 3. The normalized spacial score (nSPS) is 25.3. The van der Waals surface area contributed by atoms with Crippen molar-refractivity contribution in [2.45, 2.75) is 32.7 Å². The van der Waals surface area contributed by atoms with Crippen molar-refractivity contribution >= 4 is 34.2 Å². The van der Waals surface area contributed by atoms with Crippen molar-refractivity contribution in [2.24, 2.45) is 11.8 Å². The number of nitrogens with zero attached hydrogens (tertiary/aromatic N) is 2. The molecule has 7 heteroatoms. The predicted octanol–water partition coefficient (Wildman–Crippen LogP) is 1.73. The molecule has 0 aromatic carbocycles. The van der Waals surface area contributed by atoms with E-state index in [1.807, 2.05) is 24.5 Å². The lowest BCUT2D eigenvalue weighted by Gasteiger charge is -2.21. The molecule has 0 bridgehead atoms. The van der Waals surface area contributed by atoms with Gasteiger partial charge in [-0.3, -0.25) is 19.3 Å². The van der Waals surface area contributed by atoms with Gasteiger partial charge in [-0.05, 0) is 26.7 Å². The van der Waals surface area contributed by atoms with E-state index in [0.717, 1.165) is 10.6 Å². The van der Waals surface area contributed by atoms with E-state index in [1.54, 1.807) is 6.92 Å². The van der Waals surface area contributed by atoms with Gasteiger partial charge >= 0.3 is 0 Å². The van der Waals surface area contributed by atoms with Gasteiger partial charge in [0.2, 0.25) is 17.7 Å². The Labute approximate surface area is 132 Å². The molecule has 22 heavy (non-hydrogen) atoms. The fraction of sp³-hybridized carbons (Fsp3) is 0.467. The Morgan fingerprint density at radius 1 is 1.32 bits per heavy atom. The van der Waals surface area contributed by atoms with Crippen LogP contribution in [0.15, 0.2) is 17.5 Å². The molecule has 6 nitrogen and oxygen atoms in total. The summed E-state index contributed by atoms with van der Waals surface area (Å²) in [5, 5.41) is 4.97.